The summed E-state index contributed by atoms with van der Waals surface area (Å²) in [6, 6.07) is 0. The van der Waals surface area contributed by atoms with Crippen molar-refractivity contribution in [3.63, 3.8) is 0 Å². The Balaban J connectivity index is 2.99. The first-order valence-corrected chi connectivity index (χ1v) is 15.8. The summed E-state index contributed by atoms with van der Waals surface area (Å²) >= 11 is 0. The number of aliphatic hydroxyl groups excluding tert-OH is 2. The number of rotatable bonds is 31. The molecule has 0 unspecified atom stereocenters. The lowest BCUT2D eigenvalue weighted by Gasteiger charge is -2.05. The van der Waals surface area contributed by atoms with Crippen molar-refractivity contribution in [2.24, 2.45) is 0 Å². The van der Waals surface area contributed by atoms with E-state index >= 15 is 0 Å². The van der Waals surface area contributed by atoms with Gasteiger partial charge in [-0.05, 0) is 38.8 Å². The maximum atomic E-state index is 8.77. The van der Waals surface area contributed by atoms with Crippen molar-refractivity contribution in [2.45, 2.75) is 173 Å². The summed E-state index contributed by atoms with van der Waals surface area (Å²) < 4.78 is 0. The van der Waals surface area contributed by atoms with Crippen LogP contribution in [0.3, 0.4) is 0 Å². The standard InChI is InChI=1S/C31H65NO2/c33-30-26-22-18-16-14-12-10-8-6-4-2-1-3-5-7-9-11-13-15-17-20-24-28-32-29-25-21-19-23-27-31-34/h32-34H,1-31H2. The number of nitrogens with one attached hydrogen (secondary N) is 1. The van der Waals surface area contributed by atoms with E-state index in [2.05, 4.69) is 5.32 Å². The van der Waals surface area contributed by atoms with Crippen LogP contribution < -0.4 is 5.32 Å². The van der Waals surface area contributed by atoms with Crippen LogP contribution in [-0.4, -0.2) is 36.5 Å². The second-order valence-electron chi connectivity index (χ2n) is 10.7. The molecule has 0 rings (SSSR count). The van der Waals surface area contributed by atoms with Crippen LogP contribution in [0.1, 0.15) is 173 Å². The summed E-state index contributed by atoms with van der Waals surface area (Å²) in [4.78, 5) is 0. The zero-order valence-electron chi connectivity index (χ0n) is 23.3. The molecule has 0 aromatic heterocycles. The van der Waals surface area contributed by atoms with Crippen molar-refractivity contribution < 1.29 is 10.2 Å². The van der Waals surface area contributed by atoms with Gasteiger partial charge in [0.2, 0.25) is 0 Å². The fourth-order valence-electron chi connectivity index (χ4n) is 4.91. The molecule has 0 aromatic rings. The average Bonchev–Trinajstić information content (AvgIpc) is 2.85. The first-order valence-electron chi connectivity index (χ1n) is 15.8. The topological polar surface area (TPSA) is 52.5 Å². The molecule has 0 fully saturated rings. The van der Waals surface area contributed by atoms with Crippen LogP contribution in [0.15, 0.2) is 0 Å². The molecule has 0 aliphatic carbocycles. The van der Waals surface area contributed by atoms with Crippen LogP contribution >= 0.6 is 0 Å². The first kappa shape index (κ1) is 33.9. The van der Waals surface area contributed by atoms with Gasteiger partial charge in [-0.15, -0.1) is 0 Å². The number of hydrogen-bond donors (Lipinski definition) is 3. The van der Waals surface area contributed by atoms with E-state index in [0.717, 1.165) is 12.8 Å². The lowest BCUT2D eigenvalue weighted by molar-refractivity contribution is 0.282. The molecule has 0 aliphatic heterocycles. The Hall–Kier alpha value is -0.120. The highest BCUT2D eigenvalue weighted by molar-refractivity contribution is 4.53. The molecule has 0 bridgehead atoms. The van der Waals surface area contributed by atoms with Crippen molar-refractivity contribution in [3.8, 4) is 0 Å². The van der Waals surface area contributed by atoms with Gasteiger partial charge in [0.1, 0.15) is 0 Å². The fraction of sp³-hybridized carbons (Fsp3) is 1.00. The molecule has 0 aliphatic rings. The largest absolute Gasteiger partial charge is 0.396 e. The second kappa shape index (κ2) is 32.9. The smallest absolute Gasteiger partial charge is 0.0431 e. The summed E-state index contributed by atoms with van der Waals surface area (Å²) in [5.41, 5.74) is 0. The van der Waals surface area contributed by atoms with E-state index in [4.69, 9.17) is 10.2 Å². The van der Waals surface area contributed by atoms with E-state index in [1.165, 1.54) is 174 Å². The highest BCUT2D eigenvalue weighted by atomic mass is 16.3. The van der Waals surface area contributed by atoms with Gasteiger partial charge in [-0.2, -0.15) is 0 Å². The molecular formula is C31H65NO2. The highest BCUT2D eigenvalue weighted by Gasteiger charge is 1.96. The van der Waals surface area contributed by atoms with Crippen molar-refractivity contribution in [3.05, 3.63) is 0 Å². The van der Waals surface area contributed by atoms with Crippen molar-refractivity contribution in [1.29, 1.82) is 0 Å². The van der Waals surface area contributed by atoms with Gasteiger partial charge in [0, 0.05) is 13.2 Å². The SMILES string of the molecule is OCCCCCCCCCCCCCCCCCCCCCCCCNCCCCCCCO. The van der Waals surface area contributed by atoms with Crippen molar-refractivity contribution in [1.82, 2.24) is 5.32 Å². The average molecular weight is 484 g/mol. The van der Waals surface area contributed by atoms with Crippen LogP contribution in [0.5, 0.6) is 0 Å². The number of aliphatic hydroxyl groups is 2. The summed E-state index contributed by atoms with van der Waals surface area (Å²) in [7, 11) is 0. The van der Waals surface area contributed by atoms with E-state index in [1.807, 2.05) is 0 Å². The minimum Gasteiger partial charge on any atom is -0.396 e. The third-order valence-corrected chi connectivity index (χ3v) is 7.27. The predicted octanol–water partition coefficient (Wildman–Crippen LogP) is 9.09. The Bertz CT molecular complexity index is 305. The van der Waals surface area contributed by atoms with Crippen LogP contribution in [0, 0.1) is 0 Å². The summed E-state index contributed by atoms with van der Waals surface area (Å²) in [6.45, 7) is 3.10. The van der Waals surface area contributed by atoms with E-state index in [1.54, 1.807) is 0 Å². The van der Waals surface area contributed by atoms with Gasteiger partial charge in [0.05, 0.1) is 0 Å². The van der Waals surface area contributed by atoms with Gasteiger partial charge in [0.15, 0.2) is 0 Å². The Morgan fingerprint density at radius 3 is 0.618 bits per heavy atom. The molecule has 0 atom stereocenters. The molecular weight excluding hydrogens is 418 g/mol. The zero-order chi connectivity index (χ0) is 24.6. The highest BCUT2D eigenvalue weighted by Crippen LogP contribution is 2.15. The molecule has 34 heavy (non-hydrogen) atoms. The monoisotopic (exact) mass is 484 g/mol. The maximum absolute atomic E-state index is 8.77. The number of hydrogen-bond acceptors (Lipinski definition) is 3. The van der Waals surface area contributed by atoms with Crippen molar-refractivity contribution in [2.75, 3.05) is 26.3 Å². The molecule has 0 radical (unpaired) electrons. The zero-order valence-corrected chi connectivity index (χ0v) is 23.3. The molecule has 0 amide bonds. The predicted molar refractivity (Wildman–Crippen MR) is 152 cm³/mol. The third kappa shape index (κ3) is 31.9. The van der Waals surface area contributed by atoms with Crippen molar-refractivity contribution >= 4 is 0 Å². The van der Waals surface area contributed by atoms with Gasteiger partial charge in [0.25, 0.3) is 0 Å². The molecule has 0 aromatic carbocycles. The normalized spacial score (nSPS) is 11.5. The van der Waals surface area contributed by atoms with Crippen LogP contribution in [-0.2, 0) is 0 Å². The molecule has 206 valence electrons. The van der Waals surface area contributed by atoms with Crippen LogP contribution in [0.25, 0.3) is 0 Å². The molecule has 0 heterocycles. The fourth-order valence-corrected chi connectivity index (χ4v) is 4.91. The van der Waals surface area contributed by atoms with E-state index < -0.39 is 0 Å². The quantitative estimate of drug-likeness (QED) is 0.0862. The first-order chi connectivity index (χ1) is 16.9. The van der Waals surface area contributed by atoms with E-state index in [-0.39, 0.29) is 0 Å². The van der Waals surface area contributed by atoms with E-state index in [9.17, 15) is 0 Å². The molecule has 0 spiro atoms. The maximum Gasteiger partial charge on any atom is 0.0431 e. The molecule has 0 saturated heterocycles. The lowest BCUT2D eigenvalue weighted by atomic mass is 10.0. The minimum absolute atomic E-state index is 0.355. The van der Waals surface area contributed by atoms with E-state index in [0.29, 0.717) is 13.2 Å². The summed E-state index contributed by atoms with van der Waals surface area (Å²) in [5.74, 6) is 0. The lowest BCUT2D eigenvalue weighted by Crippen LogP contribution is -2.16. The summed E-state index contributed by atoms with van der Waals surface area (Å²) in [6.07, 6.45) is 36.8. The van der Waals surface area contributed by atoms with Gasteiger partial charge in [-0.1, -0.05) is 148 Å². The molecule has 0 saturated carbocycles. The van der Waals surface area contributed by atoms with Gasteiger partial charge in [-0.25, -0.2) is 0 Å². The van der Waals surface area contributed by atoms with Crippen LogP contribution in [0.4, 0.5) is 0 Å². The van der Waals surface area contributed by atoms with Gasteiger partial charge in [-0.3, -0.25) is 0 Å². The minimum atomic E-state index is 0.355. The van der Waals surface area contributed by atoms with Crippen LogP contribution in [0.2, 0.25) is 0 Å². The van der Waals surface area contributed by atoms with Gasteiger partial charge < -0.3 is 15.5 Å². The Kier molecular flexibility index (Phi) is 32.8. The molecule has 3 heteroatoms. The second-order valence-corrected chi connectivity index (χ2v) is 10.7. The summed E-state index contributed by atoms with van der Waals surface area (Å²) in [5, 5.41) is 21.1. The Morgan fingerprint density at radius 1 is 0.235 bits per heavy atom. The number of unbranched alkanes of at least 4 members (excludes halogenated alkanes) is 25. The molecule has 3 N–H and O–H groups in total. The Labute approximate surface area is 215 Å². The Morgan fingerprint density at radius 2 is 0.412 bits per heavy atom. The third-order valence-electron chi connectivity index (χ3n) is 7.27. The molecule has 3 nitrogen and oxygen atoms in total. The van der Waals surface area contributed by atoms with Gasteiger partial charge >= 0.3 is 0 Å².